The molecule has 0 saturated heterocycles. The van der Waals surface area contributed by atoms with Crippen molar-refractivity contribution in [1.29, 1.82) is 0 Å². The molecule has 0 saturated carbocycles. The largest absolute Gasteiger partial charge is 0.494 e. The number of ether oxygens (including phenoxy) is 1. The van der Waals surface area contributed by atoms with Crippen LogP contribution in [0.1, 0.15) is 12.8 Å². The maximum atomic E-state index is 12.6. The van der Waals surface area contributed by atoms with Gasteiger partial charge in [-0.2, -0.15) is 9.29 Å². The van der Waals surface area contributed by atoms with Crippen molar-refractivity contribution in [2.45, 2.75) is 18.4 Å². The fourth-order valence-electron chi connectivity index (χ4n) is 2.37. The molecule has 0 amide bonds. The maximum Gasteiger partial charge on any atom is 0.243 e. The standard InChI is InChI=1S/C18H18BrN3O4S/c1-3-25-15-8-4-13(5-9-15)18-20-17(26-21-18)12-22(2)27(23,24)16-10-6-14(19)7-11-16/h4-11H,3,12H2,1-2H3. The Morgan fingerprint density at radius 2 is 1.78 bits per heavy atom. The number of aromatic nitrogens is 2. The molecule has 7 nitrogen and oxygen atoms in total. The quantitative estimate of drug-likeness (QED) is 0.543. The summed E-state index contributed by atoms with van der Waals surface area (Å²) in [5.74, 6) is 1.36. The van der Waals surface area contributed by atoms with Gasteiger partial charge in [0.15, 0.2) is 0 Å². The topological polar surface area (TPSA) is 85.5 Å². The smallest absolute Gasteiger partial charge is 0.243 e. The van der Waals surface area contributed by atoms with Crippen molar-refractivity contribution >= 4 is 26.0 Å². The van der Waals surface area contributed by atoms with Crippen molar-refractivity contribution in [3.63, 3.8) is 0 Å². The third-order valence-electron chi connectivity index (χ3n) is 3.77. The summed E-state index contributed by atoms with van der Waals surface area (Å²) < 4.78 is 37.9. The Morgan fingerprint density at radius 3 is 2.41 bits per heavy atom. The molecule has 0 aliphatic rings. The van der Waals surface area contributed by atoms with E-state index in [4.69, 9.17) is 9.26 Å². The van der Waals surface area contributed by atoms with E-state index in [2.05, 4.69) is 26.1 Å². The highest BCUT2D eigenvalue weighted by Crippen LogP contribution is 2.22. The Hall–Kier alpha value is -2.23. The van der Waals surface area contributed by atoms with Crippen molar-refractivity contribution in [2.75, 3.05) is 13.7 Å². The highest BCUT2D eigenvalue weighted by atomic mass is 79.9. The van der Waals surface area contributed by atoms with Gasteiger partial charge in [-0.1, -0.05) is 21.1 Å². The van der Waals surface area contributed by atoms with Gasteiger partial charge >= 0.3 is 0 Å². The Balaban J connectivity index is 1.74. The lowest BCUT2D eigenvalue weighted by atomic mass is 10.2. The number of benzene rings is 2. The van der Waals surface area contributed by atoms with E-state index >= 15 is 0 Å². The van der Waals surface area contributed by atoms with E-state index in [0.29, 0.717) is 12.4 Å². The summed E-state index contributed by atoms with van der Waals surface area (Å²) in [4.78, 5) is 4.48. The number of halogens is 1. The maximum absolute atomic E-state index is 12.6. The minimum Gasteiger partial charge on any atom is -0.494 e. The van der Waals surface area contributed by atoms with Gasteiger partial charge in [0.05, 0.1) is 18.0 Å². The Kier molecular flexibility index (Phi) is 5.93. The Labute approximate surface area is 166 Å². The van der Waals surface area contributed by atoms with Gasteiger partial charge in [-0.05, 0) is 55.5 Å². The van der Waals surface area contributed by atoms with E-state index in [1.807, 2.05) is 31.2 Å². The van der Waals surface area contributed by atoms with E-state index in [0.717, 1.165) is 15.8 Å². The molecule has 0 radical (unpaired) electrons. The monoisotopic (exact) mass is 451 g/mol. The molecule has 0 N–H and O–H groups in total. The molecule has 9 heteroatoms. The Morgan fingerprint density at radius 1 is 1.11 bits per heavy atom. The lowest BCUT2D eigenvalue weighted by Gasteiger charge is -2.15. The van der Waals surface area contributed by atoms with Crippen LogP contribution in [0.25, 0.3) is 11.4 Å². The molecule has 0 unspecified atom stereocenters. The normalized spacial score (nSPS) is 11.7. The molecule has 0 bridgehead atoms. The van der Waals surface area contributed by atoms with Crippen molar-refractivity contribution in [2.24, 2.45) is 0 Å². The fraction of sp³-hybridized carbons (Fsp3) is 0.222. The zero-order valence-corrected chi connectivity index (χ0v) is 17.2. The summed E-state index contributed by atoms with van der Waals surface area (Å²) in [6, 6.07) is 13.7. The summed E-state index contributed by atoms with van der Waals surface area (Å²) in [6.45, 7) is 2.48. The van der Waals surface area contributed by atoms with Crippen LogP contribution in [0, 0.1) is 0 Å². The molecule has 3 aromatic rings. The lowest BCUT2D eigenvalue weighted by molar-refractivity contribution is 0.336. The molecular formula is C18H18BrN3O4S. The van der Waals surface area contributed by atoms with E-state index in [9.17, 15) is 8.42 Å². The lowest BCUT2D eigenvalue weighted by Crippen LogP contribution is -2.26. The van der Waals surface area contributed by atoms with E-state index in [-0.39, 0.29) is 17.3 Å². The summed E-state index contributed by atoms with van der Waals surface area (Å²) in [6.07, 6.45) is 0. The average Bonchev–Trinajstić information content (AvgIpc) is 3.11. The first-order chi connectivity index (χ1) is 12.9. The second-order valence-electron chi connectivity index (χ2n) is 5.68. The molecule has 142 valence electrons. The van der Waals surface area contributed by atoms with Crippen molar-refractivity contribution in [3.05, 3.63) is 58.9 Å². The zero-order chi connectivity index (χ0) is 19.4. The van der Waals surface area contributed by atoms with Crippen LogP contribution in [0.15, 0.2) is 62.4 Å². The molecule has 3 rings (SSSR count). The summed E-state index contributed by atoms with van der Waals surface area (Å²) in [5, 5.41) is 3.93. The van der Waals surface area contributed by atoms with E-state index in [1.165, 1.54) is 23.5 Å². The third kappa shape index (κ3) is 4.55. The van der Waals surface area contributed by atoms with Crippen molar-refractivity contribution < 1.29 is 17.7 Å². The van der Waals surface area contributed by atoms with Crippen LogP contribution < -0.4 is 4.74 Å². The van der Waals surface area contributed by atoms with Crippen LogP contribution in [0.5, 0.6) is 5.75 Å². The van der Waals surface area contributed by atoms with Gasteiger partial charge in [-0.25, -0.2) is 8.42 Å². The van der Waals surface area contributed by atoms with E-state index in [1.54, 1.807) is 12.1 Å². The van der Waals surface area contributed by atoms with Crippen LogP contribution in [0.3, 0.4) is 0 Å². The number of rotatable bonds is 7. The minimum atomic E-state index is -3.65. The van der Waals surface area contributed by atoms with Gasteiger partial charge in [-0.15, -0.1) is 0 Å². The molecule has 0 atom stereocenters. The predicted molar refractivity (Wildman–Crippen MR) is 104 cm³/mol. The van der Waals surface area contributed by atoms with Gasteiger partial charge in [0.25, 0.3) is 0 Å². The summed E-state index contributed by atoms with van der Waals surface area (Å²) in [7, 11) is -2.18. The molecule has 0 aliphatic heterocycles. The second-order valence-corrected chi connectivity index (χ2v) is 8.64. The van der Waals surface area contributed by atoms with Crippen LogP contribution in [-0.4, -0.2) is 36.5 Å². The first kappa shape index (κ1) is 19.5. The highest BCUT2D eigenvalue weighted by Gasteiger charge is 2.23. The van der Waals surface area contributed by atoms with E-state index < -0.39 is 10.0 Å². The average molecular weight is 452 g/mol. The summed E-state index contributed by atoms with van der Waals surface area (Å²) in [5.41, 5.74) is 0.756. The van der Waals surface area contributed by atoms with Gasteiger partial charge < -0.3 is 9.26 Å². The minimum absolute atomic E-state index is 0.0254. The van der Waals surface area contributed by atoms with Gasteiger partial charge in [0.2, 0.25) is 21.7 Å². The number of hydrogen-bond acceptors (Lipinski definition) is 6. The van der Waals surface area contributed by atoms with Crippen molar-refractivity contribution in [3.8, 4) is 17.1 Å². The molecule has 1 aromatic heterocycles. The van der Waals surface area contributed by atoms with Crippen LogP contribution >= 0.6 is 15.9 Å². The number of sulfonamides is 1. The molecular weight excluding hydrogens is 434 g/mol. The third-order valence-corrected chi connectivity index (χ3v) is 6.12. The molecule has 0 aliphatic carbocycles. The van der Waals surface area contributed by atoms with Gasteiger partial charge in [0.1, 0.15) is 5.75 Å². The summed E-state index contributed by atoms with van der Waals surface area (Å²) >= 11 is 3.29. The Bertz CT molecular complexity index is 1000. The predicted octanol–water partition coefficient (Wildman–Crippen LogP) is 3.72. The molecule has 0 fully saturated rings. The number of nitrogens with zero attached hydrogens (tertiary/aromatic N) is 3. The van der Waals surface area contributed by atoms with Gasteiger partial charge in [-0.3, -0.25) is 0 Å². The molecule has 0 spiro atoms. The first-order valence-corrected chi connectivity index (χ1v) is 10.4. The second kappa shape index (κ2) is 8.20. The van der Waals surface area contributed by atoms with Crippen LogP contribution in [-0.2, 0) is 16.6 Å². The van der Waals surface area contributed by atoms with Crippen molar-refractivity contribution in [1.82, 2.24) is 14.4 Å². The van der Waals surface area contributed by atoms with Crippen LogP contribution in [0.2, 0.25) is 0 Å². The molecule has 27 heavy (non-hydrogen) atoms. The molecule has 1 heterocycles. The highest BCUT2D eigenvalue weighted by molar-refractivity contribution is 9.10. The molecule has 2 aromatic carbocycles. The van der Waals surface area contributed by atoms with Crippen LogP contribution in [0.4, 0.5) is 0 Å². The number of hydrogen-bond donors (Lipinski definition) is 0. The van der Waals surface area contributed by atoms with Gasteiger partial charge in [0, 0.05) is 17.1 Å². The fourth-order valence-corrected chi connectivity index (χ4v) is 3.75. The first-order valence-electron chi connectivity index (χ1n) is 8.18. The zero-order valence-electron chi connectivity index (χ0n) is 14.8. The SMILES string of the molecule is CCOc1ccc(-c2noc(CN(C)S(=O)(=O)c3ccc(Br)cc3)n2)cc1.